The van der Waals surface area contributed by atoms with Crippen LogP contribution >= 0.6 is 23.4 Å². The normalized spacial score (nSPS) is 21.2. The topological polar surface area (TPSA) is 66.9 Å². The van der Waals surface area contributed by atoms with Crippen molar-refractivity contribution in [1.82, 2.24) is 10.9 Å². The van der Waals surface area contributed by atoms with Gasteiger partial charge in [-0.15, -0.1) is 0 Å². The van der Waals surface area contributed by atoms with Crippen molar-refractivity contribution in [2.45, 2.75) is 38.9 Å². The Kier molecular flexibility index (Phi) is 8.43. The standard InChI is InChI=1S/C22H28ClFN4O2S/c1-5-29-18-10-7-14(11-19(18)30-6-2)20-13(3)27-28-21(20)26-22(31-4)25-15-8-9-17(24)16(23)12-15/h7-13,20-21,27-28H,5-6H2,1-4H3,(H,25,26). The van der Waals surface area contributed by atoms with Crippen molar-refractivity contribution in [2.24, 2.45) is 4.99 Å². The van der Waals surface area contributed by atoms with Gasteiger partial charge in [0, 0.05) is 17.6 Å². The number of anilines is 1. The first-order chi connectivity index (χ1) is 15.0. The summed E-state index contributed by atoms with van der Waals surface area (Å²) in [7, 11) is 0. The van der Waals surface area contributed by atoms with E-state index in [1.165, 1.54) is 17.8 Å². The van der Waals surface area contributed by atoms with Crippen molar-refractivity contribution in [3.05, 3.63) is 52.8 Å². The SMILES string of the molecule is CCOc1ccc(C2C(C)NNC2/N=C(/Nc2ccc(F)c(Cl)c2)SC)cc1OCC. The van der Waals surface area contributed by atoms with Crippen molar-refractivity contribution in [3.63, 3.8) is 0 Å². The number of nitrogens with zero attached hydrogens (tertiary/aromatic N) is 1. The first kappa shape index (κ1) is 23.7. The fourth-order valence-corrected chi connectivity index (χ4v) is 4.11. The zero-order chi connectivity index (χ0) is 22.4. The molecule has 0 aromatic heterocycles. The Balaban J connectivity index is 1.86. The number of hydrogen-bond acceptors (Lipinski definition) is 6. The molecular formula is C22H28ClFN4O2S. The highest BCUT2D eigenvalue weighted by Gasteiger charge is 2.35. The largest absolute Gasteiger partial charge is 0.490 e. The second-order valence-corrected chi connectivity index (χ2v) is 8.21. The number of rotatable bonds is 7. The van der Waals surface area contributed by atoms with E-state index in [1.54, 1.807) is 12.1 Å². The molecular weight excluding hydrogens is 439 g/mol. The molecule has 3 N–H and O–H groups in total. The van der Waals surface area contributed by atoms with Gasteiger partial charge in [-0.05, 0) is 62.9 Å². The maximum Gasteiger partial charge on any atom is 0.162 e. The lowest BCUT2D eigenvalue weighted by Gasteiger charge is -2.21. The molecule has 2 aromatic rings. The molecule has 0 saturated carbocycles. The first-order valence-electron chi connectivity index (χ1n) is 10.2. The Hall–Kier alpha value is -2.00. The van der Waals surface area contributed by atoms with Gasteiger partial charge in [0.2, 0.25) is 0 Å². The molecule has 1 saturated heterocycles. The summed E-state index contributed by atoms with van der Waals surface area (Å²) in [5.41, 5.74) is 8.32. The smallest absolute Gasteiger partial charge is 0.162 e. The Bertz CT molecular complexity index is 930. The maximum atomic E-state index is 13.5. The Morgan fingerprint density at radius 1 is 1.13 bits per heavy atom. The molecule has 9 heteroatoms. The van der Waals surface area contributed by atoms with Crippen LogP contribution in [0, 0.1) is 5.82 Å². The summed E-state index contributed by atoms with van der Waals surface area (Å²) < 4.78 is 25.0. The summed E-state index contributed by atoms with van der Waals surface area (Å²) in [6.45, 7) is 7.14. The molecule has 1 heterocycles. The van der Waals surface area contributed by atoms with Crippen molar-refractivity contribution in [2.75, 3.05) is 24.8 Å². The number of halogens is 2. The van der Waals surface area contributed by atoms with Crippen LogP contribution in [-0.2, 0) is 0 Å². The van der Waals surface area contributed by atoms with E-state index in [2.05, 4.69) is 29.2 Å². The Labute approximate surface area is 191 Å². The second-order valence-electron chi connectivity index (χ2n) is 7.01. The lowest BCUT2D eigenvalue weighted by molar-refractivity contribution is 0.287. The molecule has 0 bridgehead atoms. The number of thioether (sulfide) groups is 1. The number of nitrogens with one attached hydrogen (secondary N) is 3. The van der Waals surface area contributed by atoms with Gasteiger partial charge in [-0.3, -0.25) is 5.43 Å². The summed E-state index contributed by atoms with van der Waals surface area (Å²) in [5, 5.41) is 3.97. The molecule has 3 unspecified atom stereocenters. The van der Waals surface area contributed by atoms with E-state index >= 15 is 0 Å². The van der Waals surface area contributed by atoms with Crippen LogP contribution in [0.3, 0.4) is 0 Å². The van der Waals surface area contributed by atoms with E-state index in [0.717, 1.165) is 17.1 Å². The number of ether oxygens (including phenoxy) is 2. The van der Waals surface area contributed by atoms with E-state index in [9.17, 15) is 4.39 Å². The Morgan fingerprint density at radius 3 is 2.55 bits per heavy atom. The molecule has 1 aliphatic rings. The maximum absolute atomic E-state index is 13.5. The molecule has 0 radical (unpaired) electrons. The number of aliphatic imine (C=N–C) groups is 1. The van der Waals surface area contributed by atoms with Crippen LogP contribution in [0.4, 0.5) is 10.1 Å². The minimum Gasteiger partial charge on any atom is -0.490 e. The minimum absolute atomic E-state index is 0.0652. The molecule has 3 atom stereocenters. The van der Waals surface area contributed by atoms with Gasteiger partial charge < -0.3 is 14.8 Å². The zero-order valence-electron chi connectivity index (χ0n) is 18.0. The summed E-state index contributed by atoms with van der Waals surface area (Å²) in [6, 6.07) is 10.7. The van der Waals surface area contributed by atoms with Crippen molar-refractivity contribution in [3.8, 4) is 11.5 Å². The van der Waals surface area contributed by atoms with Gasteiger partial charge in [0.1, 0.15) is 12.0 Å². The molecule has 0 spiro atoms. The first-order valence-corrected chi connectivity index (χ1v) is 11.8. The van der Waals surface area contributed by atoms with Crippen LogP contribution in [0.5, 0.6) is 11.5 Å². The number of hydrazine groups is 1. The van der Waals surface area contributed by atoms with Crippen molar-refractivity contribution in [1.29, 1.82) is 0 Å². The molecule has 31 heavy (non-hydrogen) atoms. The van der Waals surface area contributed by atoms with E-state index < -0.39 is 5.82 Å². The fraction of sp³-hybridized carbons (Fsp3) is 0.409. The molecule has 2 aromatic carbocycles. The fourth-order valence-electron chi connectivity index (χ4n) is 3.49. The third-order valence-corrected chi connectivity index (χ3v) is 5.79. The zero-order valence-corrected chi connectivity index (χ0v) is 19.6. The lowest BCUT2D eigenvalue weighted by Crippen LogP contribution is -2.32. The third kappa shape index (κ3) is 5.83. The van der Waals surface area contributed by atoms with Gasteiger partial charge >= 0.3 is 0 Å². The highest BCUT2D eigenvalue weighted by molar-refractivity contribution is 8.13. The number of hydrogen-bond donors (Lipinski definition) is 3. The number of amidine groups is 1. The molecule has 6 nitrogen and oxygen atoms in total. The average Bonchev–Trinajstić information content (AvgIpc) is 3.11. The van der Waals surface area contributed by atoms with Crippen LogP contribution < -0.4 is 25.6 Å². The van der Waals surface area contributed by atoms with Gasteiger partial charge in [0.15, 0.2) is 16.7 Å². The van der Waals surface area contributed by atoms with Gasteiger partial charge in [0.05, 0.1) is 18.2 Å². The number of benzene rings is 2. The highest BCUT2D eigenvalue weighted by atomic mass is 35.5. The van der Waals surface area contributed by atoms with Crippen LogP contribution in [0.1, 0.15) is 32.3 Å². The van der Waals surface area contributed by atoms with Gasteiger partial charge in [-0.25, -0.2) is 14.8 Å². The molecule has 1 fully saturated rings. The summed E-state index contributed by atoms with van der Waals surface area (Å²) in [6.07, 6.45) is 1.72. The van der Waals surface area contributed by atoms with E-state index in [1.807, 2.05) is 32.2 Å². The lowest BCUT2D eigenvalue weighted by atomic mass is 9.91. The Morgan fingerprint density at radius 2 is 1.87 bits per heavy atom. The van der Waals surface area contributed by atoms with Gasteiger partial charge in [-0.1, -0.05) is 29.4 Å². The van der Waals surface area contributed by atoms with Crippen molar-refractivity contribution >= 4 is 34.2 Å². The molecule has 0 amide bonds. The summed E-state index contributed by atoms with van der Waals surface area (Å²) in [5.74, 6) is 1.08. The summed E-state index contributed by atoms with van der Waals surface area (Å²) >= 11 is 7.37. The predicted molar refractivity (Wildman–Crippen MR) is 127 cm³/mol. The summed E-state index contributed by atoms with van der Waals surface area (Å²) in [4.78, 5) is 4.87. The van der Waals surface area contributed by atoms with Crippen LogP contribution in [0.25, 0.3) is 0 Å². The average molecular weight is 467 g/mol. The van der Waals surface area contributed by atoms with E-state index in [0.29, 0.717) is 24.1 Å². The van der Waals surface area contributed by atoms with Gasteiger partial charge in [0.25, 0.3) is 0 Å². The van der Waals surface area contributed by atoms with Crippen LogP contribution in [-0.4, -0.2) is 36.8 Å². The molecule has 1 aliphatic heterocycles. The van der Waals surface area contributed by atoms with E-state index in [-0.39, 0.29) is 23.1 Å². The quantitative estimate of drug-likeness (QED) is 0.393. The van der Waals surface area contributed by atoms with Gasteiger partial charge in [-0.2, -0.15) is 0 Å². The van der Waals surface area contributed by atoms with Crippen LogP contribution in [0.2, 0.25) is 5.02 Å². The molecule has 168 valence electrons. The predicted octanol–water partition coefficient (Wildman–Crippen LogP) is 5.01. The highest BCUT2D eigenvalue weighted by Crippen LogP contribution is 2.35. The van der Waals surface area contributed by atoms with E-state index in [4.69, 9.17) is 26.1 Å². The molecule has 0 aliphatic carbocycles. The van der Waals surface area contributed by atoms with Crippen LogP contribution in [0.15, 0.2) is 41.4 Å². The second kappa shape index (κ2) is 11.0. The third-order valence-electron chi connectivity index (χ3n) is 4.91. The monoisotopic (exact) mass is 466 g/mol. The minimum atomic E-state index is -0.453. The molecule has 3 rings (SSSR count). The van der Waals surface area contributed by atoms with Crippen molar-refractivity contribution < 1.29 is 13.9 Å².